The normalized spacial score (nSPS) is 20.6. The SMILES string of the molecule is CCOC(=O)C1CCCN(C(=O)CS(C)(=O)=O)C1. The summed E-state index contributed by atoms with van der Waals surface area (Å²) >= 11 is 0. The van der Waals surface area contributed by atoms with Crippen LogP contribution in [0.5, 0.6) is 0 Å². The first-order valence-corrected chi connectivity index (χ1v) is 8.01. The molecule has 1 saturated heterocycles. The Morgan fingerprint density at radius 3 is 2.61 bits per heavy atom. The summed E-state index contributed by atoms with van der Waals surface area (Å²) in [5.41, 5.74) is 0. The Kier molecular flexibility index (Phi) is 5.13. The molecule has 0 spiro atoms. The molecule has 0 aromatic rings. The molecule has 104 valence electrons. The van der Waals surface area contributed by atoms with E-state index in [0.717, 1.165) is 6.26 Å². The van der Waals surface area contributed by atoms with Crippen molar-refractivity contribution in [1.29, 1.82) is 0 Å². The van der Waals surface area contributed by atoms with Gasteiger partial charge in [0.15, 0.2) is 9.84 Å². The highest BCUT2D eigenvalue weighted by atomic mass is 32.2. The average molecular weight is 277 g/mol. The molecule has 1 atom stereocenters. The fourth-order valence-electron chi connectivity index (χ4n) is 1.97. The summed E-state index contributed by atoms with van der Waals surface area (Å²) in [4.78, 5) is 24.7. The predicted octanol–water partition coefficient (Wildman–Crippen LogP) is -0.167. The molecular weight excluding hydrogens is 258 g/mol. The second kappa shape index (κ2) is 6.17. The molecule has 0 saturated carbocycles. The Labute approximate surface area is 107 Å². The maximum absolute atomic E-state index is 11.7. The lowest BCUT2D eigenvalue weighted by molar-refractivity contribution is -0.151. The van der Waals surface area contributed by atoms with Gasteiger partial charge in [-0.25, -0.2) is 8.42 Å². The van der Waals surface area contributed by atoms with Gasteiger partial charge in [0.25, 0.3) is 0 Å². The highest BCUT2D eigenvalue weighted by Crippen LogP contribution is 2.18. The van der Waals surface area contributed by atoms with Gasteiger partial charge in [0, 0.05) is 19.3 Å². The summed E-state index contributed by atoms with van der Waals surface area (Å²) in [7, 11) is -3.33. The standard InChI is InChI=1S/C11H19NO5S/c1-3-17-11(14)9-5-4-6-12(7-9)10(13)8-18(2,15)16/h9H,3-8H2,1-2H3. The molecule has 0 N–H and O–H groups in total. The molecule has 1 unspecified atom stereocenters. The van der Waals surface area contributed by atoms with Gasteiger partial charge in [-0.2, -0.15) is 0 Å². The van der Waals surface area contributed by atoms with Crippen molar-refractivity contribution < 1.29 is 22.7 Å². The molecule has 1 rings (SSSR count). The number of nitrogens with zero attached hydrogens (tertiary/aromatic N) is 1. The van der Waals surface area contributed by atoms with Crippen molar-refractivity contribution in [3.8, 4) is 0 Å². The van der Waals surface area contributed by atoms with E-state index in [4.69, 9.17) is 4.74 Å². The molecule has 1 aliphatic rings. The number of piperidine rings is 1. The van der Waals surface area contributed by atoms with Crippen LogP contribution in [0, 0.1) is 5.92 Å². The van der Waals surface area contributed by atoms with Crippen LogP contribution < -0.4 is 0 Å². The monoisotopic (exact) mass is 277 g/mol. The molecule has 1 aliphatic heterocycles. The lowest BCUT2D eigenvalue weighted by atomic mass is 9.98. The van der Waals surface area contributed by atoms with Crippen LogP contribution in [0.1, 0.15) is 19.8 Å². The minimum atomic E-state index is -3.33. The van der Waals surface area contributed by atoms with E-state index >= 15 is 0 Å². The maximum Gasteiger partial charge on any atom is 0.310 e. The Morgan fingerprint density at radius 2 is 2.06 bits per heavy atom. The summed E-state index contributed by atoms with van der Waals surface area (Å²) < 4.78 is 27.0. The number of amides is 1. The van der Waals surface area contributed by atoms with Crippen LogP contribution in [-0.4, -0.2) is 56.9 Å². The van der Waals surface area contributed by atoms with E-state index in [1.165, 1.54) is 4.90 Å². The third kappa shape index (κ3) is 4.64. The number of carbonyl (C=O) groups is 2. The largest absolute Gasteiger partial charge is 0.466 e. The van der Waals surface area contributed by atoms with E-state index < -0.39 is 21.5 Å². The second-order valence-electron chi connectivity index (χ2n) is 4.50. The van der Waals surface area contributed by atoms with E-state index in [0.29, 0.717) is 26.0 Å². The lowest BCUT2D eigenvalue weighted by Gasteiger charge is -2.31. The van der Waals surface area contributed by atoms with Crippen molar-refractivity contribution in [2.45, 2.75) is 19.8 Å². The summed E-state index contributed by atoms with van der Waals surface area (Å²) in [5, 5.41) is 0. The molecule has 1 amide bonds. The van der Waals surface area contributed by atoms with Crippen molar-refractivity contribution in [2.24, 2.45) is 5.92 Å². The lowest BCUT2D eigenvalue weighted by Crippen LogP contribution is -2.44. The molecule has 0 aliphatic carbocycles. The van der Waals surface area contributed by atoms with E-state index in [1.54, 1.807) is 6.92 Å². The number of hydrogen-bond donors (Lipinski definition) is 0. The van der Waals surface area contributed by atoms with E-state index in [9.17, 15) is 18.0 Å². The molecule has 1 fully saturated rings. The molecular formula is C11H19NO5S. The van der Waals surface area contributed by atoms with E-state index in [2.05, 4.69) is 0 Å². The van der Waals surface area contributed by atoms with Gasteiger partial charge in [0.2, 0.25) is 5.91 Å². The number of ether oxygens (including phenoxy) is 1. The number of rotatable bonds is 4. The van der Waals surface area contributed by atoms with Gasteiger partial charge in [-0.15, -0.1) is 0 Å². The van der Waals surface area contributed by atoms with Crippen molar-refractivity contribution >= 4 is 21.7 Å². The number of hydrogen-bond acceptors (Lipinski definition) is 5. The summed E-state index contributed by atoms with van der Waals surface area (Å²) in [6.45, 7) is 2.80. The quantitative estimate of drug-likeness (QED) is 0.667. The second-order valence-corrected chi connectivity index (χ2v) is 6.64. The molecule has 7 heteroatoms. The minimum Gasteiger partial charge on any atom is -0.466 e. The summed E-state index contributed by atoms with van der Waals surface area (Å²) in [6, 6.07) is 0. The third-order valence-corrected chi connectivity index (χ3v) is 3.55. The molecule has 0 aromatic carbocycles. The fourth-order valence-corrected chi connectivity index (χ4v) is 2.60. The van der Waals surface area contributed by atoms with Gasteiger partial charge < -0.3 is 9.64 Å². The number of likely N-dealkylation sites (tertiary alicyclic amines) is 1. The van der Waals surface area contributed by atoms with Gasteiger partial charge in [-0.3, -0.25) is 9.59 Å². The van der Waals surface area contributed by atoms with Gasteiger partial charge >= 0.3 is 5.97 Å². The van der Waals surface area contributed by atoms with Crippen molar-refractivity contribution in [2.75, 3.05) is 31.7 Å². The van der Waals surface area contributed by atoms with Crippen molar-refractivity contribution in [3.63, 3.8) is 0 Å². The Balaban J connectivity index is 2.58. The van der Waals surface area contributed by atoms with Crippen LogP contribution in [0.3, 0.4) is 0 Å². The highest BCUT2D eigenvalue weighted by molar-refractivity contribution is 7.91. The topological polar surface area (TPSA) is 80.8 Å². The van der Waals surface area contributed by atoms with Crippen molar-refractivity contribution in [3.05, 3.63) is 0 Å². The number of sulfone groups is 1. The first-order valence-electron chi connectivity index (χ1n) is 5.95. The molecule has 18 heavy (non-hydrogen) atoms. The van der Waals surface area contributed by atoms with Crippen LogP contribution >= 0.6 is 0 Å². The van der Waals surface area contributed by atoms with E-state index in [1.807, 2.05) is 0 Å². The van der Waals surface area contributed by atoms with Gasteiger partial charge in [0.05, 0.1) is 12.5 Å². The molecule has 1 heterocycles. The van der Waals surface area contributed by atoms with Crippen molar-refractivity contribution in [1.82, 2.24) is 4.90 Å². The Bertz CT molecular complexity index is 417. The Hall–Kier alpha value is -1.11. The van der Waals surface area contributed by atoms with Crippen LogP contribution in [0.25, 0.3) is 0 Å². The zero-order chi connectivity index (χ0) is 13.8. The van der Waals surface area contributed by atoms with Gasteiger partial charge in [-0.05, 0) is 19.8 Å². The summed E-state index contributed by atoms with van der Waals surface area (Å²) in [5.74, 6) is -1.58. The van der Waals surface area contributed by atoms with Gasteiger partial charge in [-0.1, -0.05) is 0 Å². The molecule has 0 radical (unpaired) electrons. The average Bonchev–Trinajstić information content (AvgIpc) is 2.27. The van der Waals surface area contributed by atoms with Crippen LogP contribution in [0.15, 0.2) is 0 Å². The van der Waals surface area contributed by atoms with Crippen LogP contribution in [0.2, 0.25) is 0 Å². The van der Waals surface area contributed by atoms with E-state index in [-0.39, 0.29) is 18.4 Å². The zero-order valence-corrected chi connectivity index (χ0v) is 11.5. The number of carbonyl (C=O) groups excluding carboxylic acids is 2. The first-order chi connectivity index (χ1) is 8.33. The minimum absolute atomic E-state index is 0.257. The smallest absolute Gasteiger partial charge is 0.310 e. The highest BCUT2D eigenvalue weighted by Gasteiger charge is 2.30. The predicted molar refractivity (Wildman–Crippen MR) is 65.6 cm³/mol. The Morgan fingerprint density at radius 1 is 1.39 bits per heavy atom. The molecule has 0 aromatic heterocycles. The van der Waals surface area contributed by atoms with Gasteiger partial charge in [0.1, 0.15) is 5.75 Å². The fraction of sp³-hybridized carbons (Fsp3) is 0.818. The van der Waals surface area contributed by atoms with Crippen LogP contribution in [-0.2, 0) is 24.2 Å². The molecule has 6 nitrogen and oxygen atoms in total. The summed E-state index contributed by atoms with van der Waals surface area (Å²) in [6.07, 6.45) is 2.40. The zero-order valence-electron chi connectivity index (χ0n) is 10.7. The number of esters is 1. The third-order valence-electron chi connectivity index (χ3n) is 2.78. The first kappa shape index (κ1) is 14.9. The maximum atomic E-state index is 11.7. The van der Waals surface area contributed by atoms with Crippen LogP contribution in [0.4, 0.5) is 0 Å². The molecule has 0 bridgehead atoms.